The van der Waals surface area contributed by atoms with Gasteiger partial charge in [-0.2, -0.15) is 0 Å². The summed E-state index contributed by atoms with van der Waals surface area (Å²) < 4.78 is 5.83. The molecule has 2 radical (unpaired) electrons. The van der Waals surface area contributed by atoms with Gasteiger partial charge in [-0.25, -0.2) is 0 Å². The van der Waals surface area contributed by atoms with Gasteiger partial charge in [0.2, 0.25) is 0 Å². The van der Waals surface area contributed by atoms with E-state index in [1.54, 1.807) is 0 Å². The van der Waals surface area contributed by atoms with E-state index in [0.717, 1.165) is 17.0 Å². The smallest absolute Gasteiger partial charge is 0.317 e. The van der Waals surface area contributed by atoms with Crippen LogP contribution in [0.1, 0.15) is 39.2 Å². The molecule has 1 aromatic carbocycles. The van der Waals surface area contributed by atoms with E-state index in [1.807, 2.05) is 25.1 Å². The predicted octanol–water partition coefficient (Wildman–Crippen LogP) is 3.57. The molecule has 1 rings (SSSR count). The van der Waals surface area contributed by atoms with Gasteiger partial charge in [0.05, 0.1) is 0 Å². The average Bonchev–Trinajstić information content (AvgIpc) is 2.20. The van der Waals surface area contributed by atoms with E-state index in [9.17, 15) is 0 Å². The summed E-state index contributed by atoms with van der Waals surface area (Å²) >= 11 is 0. The van der Waals surface area contributed by atoms with Gasteiger partial charge in [0.1, 0.15) is 5.75 Å². The lowest BCUT2D eigenvalue weighted by Crippen LogP contribution is -2.18. The van der Waals surface area contributed by atoms with Crippen molar-refractivity contribution in [1.82, 2.24) is 0 Å². The highest BCUT2D eigenvalue weighted by Crippen LogP contribution is 2.30. The van der Waals surface area contributed by atoms with E-state index in [1.165, 1.54) is 12.8 Å². The molecule has 0 amide bonds. The summed E-state index contributed by atoms with van der Waals surface area (Å²) in [5.74, 6) is 0.925. The fourth-order valence-electron chi connectivity index (χ4n) is 1.58. The summed E-state index contributed by atoms with van der Waals surface area (Å²) in [6, 6.07) is 5.85. The summed E-state index contributed by atoms with van der Waals surface area (Å²) in [5, 5.41) is 0.268. The van der Waals surface area contributed by atoms with Crippen LogP contribution in [-0.2, 0) is 0 Å². The molecule has 2 N–H and O–H groups in total. The third kappa shape index (κ3) is 3.89. The molecule has 0 spiro atoms. The van der Waals surface area contributed by atoms with Crippen LogP contribution in [0.2, 0.25) is 5.04 Å². The quantitative estimate of drug-likeness (QED) is 0.625. The van der Waals surface area contributed by atoms with Crippen LogP contribution in [0.15, 0.2) is 18.2 Å². The molecule has 0 heterocycles. The first-order valence-electron chi connectivity index (χ1n) is 5.75. The molecule has 0 aliphatic heterocycles. The third-order valence-corrected chi connectivity index (χ3v) is 3.70. The number of hydrogen-bond donors (Lipinski definition) is 1. The van der Waals surface area contributed by atoms with Crippen molar-refractivity contribution in [3.8, 4) is 5.75 Å². The van der Waals surface area contributed by atoms with E-state index >= 15 is 0 Å². The highest BCUT2D eigenvalue weighted by molar-refractivity contribution is 6.33. The molecule has 16 heavy (non-hydrogen) atoms. The number of nitrogens with two attached hydrogens (primary N) is 1. The zero-order valence-corrected chi connectivity index (χ0v) is 11.6. The van der Waals surface area contributed by atoms with Crippen molar-refractivity contribution in [1.29, 1.82) is 0 Å². The Morgan fingerprint density at radius 2 is 2.06 bits per heavy atom. The summed E-state index contributed by atoms with van der Waals surface area (Å²) in [7, 11) is 0.496. The highest BCUT2D eigenvalue weighted by atomic mass is 28.2. The van der Waals surface area contributed by atoms with Crippen LogP contribution in [0.3, 0.4) is 0 Å². The Bertz CT molecular complexity index is 350. The third-order valence-electron chi connectivity index (χ3n) is 2.56. The van der Waals surface area contributed by atoms with Gasteiger partial charge < -0.3 is 10.2 Å². The molecule has 1 aromatic rings. The van der Waals surface area contributed by atoms with Crippen LogP contribution in [0.25, 0.3) is 0 Å². The molecular weight excluding hydrogens is 214 g/mol. The molecule has 0 aromatic heterocycles. The number of hydrogen-bond acceptors (Lipinski definition) is 2. The van der Waals surface area contributed by atoms with Crippen LogP contribution >= 0.6 is 0 Å². The van der Waals surface area contributed by atoms with Crippen LogP contribution < -0.4 is 10.2 Å². The second kappa shape index (κ2) is 5.39. The normalized spacial score (nSPS) is 11.5. The maximum atomic E-state index is 5.83. The Labute approximate surface area is 101 Å². The first-order valence-corrected chi connectivity index (χ1v) is 6.65. The maximum absolute atomic E-state index is 5.83. The van der Waals surface area contributed by atoms with Crippen molar-refractivity contribution in [3.05, 3.63) is 23.8 Å². The van der Waals surface area contributed by atoms with Crippen molar-refractivity contribution in [2.24, 2.45) is 0 Å². The molecular formula is C13H21NOSi. The van der Waals surface area contributed by atoms with Gasteiger partial charge in [-0.3, -0.25) is 0 Å². The molecule has 0 saturated carbocycles. The van der Waals surface area contributed by atoms with E-state index in [-0.39, 0.29) is 5.04 Å². The fourth-order valence-corrected chi connectivity index (χ4v) is 2.46. The Hall–Kier alpha value is -0.963. The molecule has 3 heteroatoms. The van der Waals surface area contributed by atoms with Gasteiger partial charge in [0.15, 0.2) is 0 Å². The lowest BCUT2D eigenvalue weighted by atomic mass is 10.1. The van der Waals surface area contributed by atoms with Crippen molar-refractivity contribution in [3.63, 3.8) is 0 Å². The molecule has 0 aliphatic rings. The second-order valence-electron chi connectivity index (χ2n) is 4.86. The van der Waals surface area contributed by atoms with Crippen LogP contribution in [0.5, 0.6) is 5.75 Å². The molecule has 0 unspecified atom stereocenters. The monoisotopic (exact) mass is 235 g/mol. The number of rotatable bonds is 5. The van der Waals surface area contributed by atoms with E-state index in [0.29, 0.717) is 9.76 Å². The summed E-state index contributed by atoms with van der Waals surface area (Å²) in [5.41, 5.74) is 7.67. The highest BCUT2D eigenvalue weighted by Gasteiger charge is 2.20. The SMILES string of the molecule is CCCC(C)(C)[Si]Oc1ccc(N)c(C)c1. The maximum Gasteiger partial charge on any atom is 0.317 e. The number of nitrogen functional groups attached to an aromatic ring is 1. The molecule has 0 atom stereocenters. The zero-order chi connectivity index (χ0) is 12.2. The zero-order valence-electron chi connectivity index (χ0n) is 10.6. The summed E-state index contributed by atoms with van der Waals surface area (Å²) in [6.07, 6.45) is 2.39. The van der Waals surface area contributed by atoms with Gasteiger partial charge in [0, 0.05) is 5.69 Å². The first-order chi connectivity index (χ1) is 7.44. The van der Waals surface area contributed by atoms with Crippen molar-refractivity contribution < 1.29 is 4.43 Å². The standard InChI is InChI=1S/C13H21NOSi/c1-5-8-13(3,4)16-15-11-6-7-12(14)10(2)9-11/h6-7,9H,5,8,14H2,1-4H3. The van der Waals surface area contributed by atoms with Gasteiger partial charge in [-0.15, -0.1) is 0 Å². The van der Waals surface area contributed by atoms with Gasteiger partial charge in [-0.1, -0.05) is 27.2 Å². The second-order valence-corrected chi connectivity index (χ2v) is 6.62. The largest absolute Gasteiger partial charge is 0.540 e. The molecule has 0 aliphatic carbocycles. The molecule has 0 bridgehead atoms. The first kappa shape index (κ1) is 13.1. The van der Waals surface area contributed by atoms with E-state index < -0.39 is 0 Å². The molecule has 2 nitrogen and oxygen atoms in total. The lowest BCUT2D eigenvalue weighted by molar-refractivity contribution is 0.500. The molecule has 0 fully saturated rings. The van der Waals surface area contributed by atoms with Crippen molar-refractivity contribution >= 4 is 15.5 Å². The number of anilines is 1. The Morgan fingerprint density at radius 1 is 1.38 bits per heavy atom. The van der Waals surface area contributed by atoms with Crippen molar-refractivity contribution in [2.75, 3.05) is 5.73 Å². The minimum atomic E-state index is 0.268. The van der Waals surface area contributed by atoms with E-state index in [2.05, 4.69) is 20.8 Å². The predicted molar refractivity (Wildman–Crippen MR) is 70.9 cm³/mol. The fraction of sp³-hybridized carbons (Fsp3) is 0.538. The van der Waals surface area contributed by atoms with Crippen molar-refractivity contribution in [2.45, 2.75) is 45.6 Å². The molecule has 0 saturated heterocycles. The summed E-state index contributed by atoms with van der Waals surface area (Å²) in [4.78, 5) is 0. The minimum absolute atomic E-state index is 0.268. The molecule has 88 valence electrons. The van der Waals surface area contributed by atoms with Gasteiger partial charge in [-0.05, 0) is 42.1 Å². The van der Waals surface area contributed by atoms with Gasteiger partial charge >= 0.3 is 9.76 Å². The van der Waals surface area contributed by atoms with Crippen LogP contribution in [0.4, 0.5) is 5.69 Å². The Morgan fingerprint density at radius 3 is 2.62 bits per heavy atom. The number of benzene rings is 1. The Kier molecular flexibility index (Phi) is 4.41. The van der Waals surface area contributed by atoms with Gasteiger partial charge in [0.25, 0.3) is 0 Å². The lowest BCUT2D eigenvalue weighted by Gasteiger charge is -2.21. The number of aryl methyl sites for hydroxylation is 1. The topological polar surface area (TPSA) is 35.2 Å². The minimum Gasteiger partial charge on any atom is -0.540 e. The van der Waals surface area contributed by atoms with Crippen LogP contribution in [0, 0.1) is 6.92 Å². The summed E-state index contributed by atoms with van der Waals surface area (Å²) in [6.45, 7) is 8.71. The van der Waals surface area contributed by atoms with E-state index in [4.69, 9.17) is 10.2 Å². The Balaban J connectivity index is 2.57. The average molecular weight is 235 g/mol. The van der Waals surface area contributed by atoms with Crippen LogP contribution in [-0.4, -0.2) is 9.76 Å².